The number of benzene rings is 2. The maximum Gasteiger partial charge on any atom is 0.231 e. The third-order valence-corrected chi connectivity index (χ3v) is 6.92. The molecule has 2 aromatic heterocycles. The summed E-state index contributed by atoms with van der Waals surface area (Å²) in [5, 5.41) is 12.8. The minimum absolute atomic E-state index is 0.272. The molecule has 0 unspecified atom stereocenters. The van der Waals surface area contributed by atoms with Gasteiger partial charge in [-0.1, -0.05) is 23.9 Å². The summed E-state index contributed by atoms with van der Waals surface area (Å²) in [6.45, 7) is 5.72. The van der Waals surface area contributed by atoms with Crippen molar-refractivity contribution < 1.29 is 14.2 Å². The quantitative estimate of drug-likeness (QED) is 0.317. The molecule has 5 rings (SSSR count). The van der Waals surface area contributed by atoms with Crippen molar-refractivity contribution in [2.45, 2.75) is 31.3 Å². The molecule has 0 radical (unpaired) electrons. The van der Waals surface area contributed by atoms with Gasteiger partial charge in [-0.25, -0.2) is 4.98 Å². The highest BCUT2D eigenvalue weighted by Gasteiger charge is 2.18. The molecule has 7 nitrogen and oxygen atoms in total. The van der Waals surface area contributed by atoms with E-state index in [0.717, 1.165) is 56.6 Å². The minimum Gasteiger partial charge on any atom is -0.493 e. The van der Waals surface area contributed by atoms with Crippen molar-refractivity contribution in [3.8, 4) is 39.2 Å². The van der Waals surface area contributed by atoms with Gasteiger partial charge in [-0.05, 0) is 44.2 Å². The fraction of sp³-hybridized carbons (Fsp3) is 0.261. The Labute approximate surface area is 194 Å². The van der Waals surface area contributed by atoms with Gasteiger partial charge >= 0.3 is 0 Å². The summed E-state index contributed by atoms with van der Waals surface area (Å²) in [5.41, 5.74) is 2.99. The molecule has 1 aliphatic heterocycles. The highest BCUT2D eigenvalue weighted by Crippen LogP contribution is 2.37. The zero-order valence-electron chi connectivity index (χ0n) is 17.8. The Bertz CT molecular complexity index is 1240. The molecule has 0 bridgehead atoms. The first kappa shape index (κ1) is 20.8. The molecule has 3 heterocycles. The van der Waals surface area contributed by atoms with Gasteiger partial charge in [0.25, 0.3) is 0 Å². The zero-order chi connectivity index (χ0) is 21.9. The lowest BCUT2D eigenvalue weighted by Crippen LogP contribution is -2.02. The fourth-order valence-corrected chi connectivity index (χ4v) is 5.30. The van der Waals surface area contributed by atoms with E-state index >= 15 is 0 Å². The minimum atomic E-state index is 0.272. The second-order valence-electron chi connectivity index (χ2n) is 6.98. The van der Waals surface area contributed by atoms with E-state index in [1.54, 1.807) is 23.1 Å². The Balaban J connectivity index is 1.33. The summed E-state index contributed by atoms with van der Waals surface area (Å²) in [6, 6.07) is 13.9. The van der Waals surface area contributed by atoms with Crippen LogP contribution in [0.4, 0.5) is 0 Å². The number of thiazole rings is 1. The van der Waals surface area contributed by atoms with Crippen LogP contribution in [0, 0.1) is 0 Å². The molecule has 1 aliphatic rings. The number of rotatable bonds is 8. The smallest absolute Gasteiger partial charge is 0.231 e. The Morgan fingerprint density at radius 3 is 2.84 bits per heavy atom. The van der Waals surface area contributed by atoms with Gasteiger partial charge in [0.05, 0.1) is 17.9 Å². The summed E-state index contributed by atoms with van der Waals surface area (Å²) in [7, 11) is 0. The molecule has 4 aromatic rings. The van der Waals surface area contributed by atoms with Gasteiger partial charge in [-0.3, -0.25) is 0 Å². The largest absolute Gasteiger partial charge is 0.493 e. The van der Waals surface area contributed by atoms with Crippen LogP contribution in [0.25, 0.3) is 22.0 Å². The van der Waals surface area contributed by atoms with Crippen molar-refractivity contribution in [1.82, 2.24) is 19.7 Å². The van der Waals surface area contributed by atoms with Gasteiger partial charge in [0.2, 0.25) is 6.79 Å². The van der Waals surface area contributed by atoms with E-state index in [9.17, 15) is 0 Å². The van der Waals surface area contributed by atoms with Crippen LogP contribution in [-0.2, 0) is 12.3 Å². The third kappa shape index (κ3) is 4.05. The SMILES string of the molecule is CCOc1ccccc1-c1nnc(SCc2csc(-c3ccc4c(c3)OCO4)n2)n1CC. The van der Waals surface area contributed by atoms with Crippen LogP contribution in [0.2, 0.25) is 0 Å². The molecule has 2 aromatic carbocycles. The molecule has 0 saturated carbocycles. The molecule has 9 heteroatoms. The lowest BCUT2D eigenvalue weighted by Gasteiger charge is -2.11. The van der Waals surface area contributed by atoms with E-state index in [4.69, 9.17) is 19.2 Å². The number of nitrogens with zero attached hydrogens (tertiary/aromatic N) is 4. The molecule has 0 fully saturated rings. The second-order valence-corrected chi connectivity index (χ2v) is 8.78. The zero-order valence-corrected chi connectivity index (χ0v) is 19.4. The standard InChI is InChI=1S/C23H22N4O3S2/c1-3-27-21(17-7-5-6-8-18(17)28-4-2)25-26-23(27)32-13-16-12-31-22(24-16)15-9-10-19-20(11-15)30-14-29-19/h5-12H,3-4,13-14H2,1-2H3. The predicted molar refractivity (Wildman–Crippen MR) is 126 cm³/mol. The number of thioether (sulfide) groups is 1. The summed E-state index contributed by atoms with van der Waals surface area (Å²) < 4.78 is 18.8. The molecule has 0 saturated heterocycles. The lowest BCUT2D eigenvalue weighted by molar-refractivity contribution is 0.174. The summed E-state index contributed by atoms with van der Waals surface area (Å²) >= 11 is 3.26. The van der Waals surface area contributed by atoms with Gasteiger partial charge in [-0.2, -0.15) is 0 Å². The Hall–Kier alpha value is -3.04. The average Bonchev–Trinajstić information content (AvgIpc) is 3.56. The van der Waals surface area contributed by atoms with Crippen molar-refractivity contribution in [2.24, 2.45) is 0 Å². The van der Waals surface area contributed by atoms with Gasteiger partial charge in [0.15, 0.2) is 22.5 Å². The van der Waals surface area contributed by atoms with E-state index in [1.165, 1.54) is 0 Å². The monoisotopic (exact) mass is 466 g/mol. The first-order valence-electron chi connectivity index (χ1n) is 10.4. The highest BCUT2D eigenvalue weighted by molar-refractivity contribution is 7.98. The molecule has 32 heavy (non-hydrogen) atoms. The lowest BCUT2D eigenvalue weighted by atomic mass is 10.2. The number of aromatic nitrogens is 4. The molecule has 0 N–H and O–H groups in total. The molecule has 164 valence electrons. The maximum atomic E-state index is 5.79. The van der Waals surface area contributed by atoms with Crippen LogP contribution in [0.3, 0.4) is 0 Å². The number of ether oxygens (including phenoxy) is 3. The molecule has 0 spiro atoms. The number of hydrogen-bond acceptors (Lipinski definition) is 8. The van der Waals surface area contributed by atoms with Crippen molar-refractivity contribution in [1.29, 1.82) is 0 Å². The fourth-order valence-electron chi connectivity index (χ4n) is 3.49. The summed E-state index contributed by atoms with van der Waals surface area (Å²) in [6.07, 6.45) is 0. The second kappa shape index (κ2) is 9.22. The van der Waals surface area contributed by atoms with E-state index < -0.39 is 0 Å². The van der Waals surface area contributed by atoms with Crippen LogP contribution in [-0.4, -0.2) is 33.1 Å². The van der Waals surface area contributed by atoms with Crippen LogP contribution in [0.15, 0.2) is 53.0 Å². The summed E-state index contributed by atoms with van der Waals surface area (Å²) in [4.78, 5) is 4.80. The van der Waals surface area contributed by atoms with Gasteiger partial charge in [-0.15, -0.1) is 21.5 Å². The topological polar surface area (TPSA) is 71.3 Å². The number of para-hydroxylation sites is 1. The third-order valence-electron chi connectivity index (χ3n) is 4.98. The van der Waals surface area contributed by atoms with Crippen molar-refractivity contribution in [2.75, 3.05) is 13.4 Å². The molecule has 0 atom stereocenters. The van der Waals surface area contributed by atoms with Crippen LogP contribution in [0.1, 0.15) is 19.5 Å². The van der Waals surface area contributed by atoms with Gasteiger partial charge in [0, 0.05) is 23.2 Å². The van der Waals surface area contributed by atoms with Gasteiger partial charge < -0.3 is 18.8 Å². The van der Waals surface area contributed by atoms with E-state index in [0.29, 0.717) is 12.4 Å². The molecular weight excluding hydrogens is 444 g/mol. The van der Waals surface area contributed by atoms with Crippen molar-refractivity contribution in [3.05, 3.63) is 53.5 Å². The Morgan fingerprint density at radius 2 is 1.97 bits per heavy atom. The average molecular weight is 467 g/mol. The Kier molecular flexibility index (Phi) is 6.00. The summed E-state index contributed by atoms with van der Waals surface area (Å²) in [5.74, 6) is 3.90. The molecule has 0 amide bonds. The molecule has 0 aliphatic carbocycles. The Morgan fingerprint density at radius 1 is 1.09 bits per heavy atom. The number of hydrogen-bond donors (Lipinski definition) is 0. The van der Waals surface area contributed by atoms with Crippen LogP contribution >= 0.6 is 23.1 Å². The predicted octanol–water partition coefficient (Wildman–Crippen LogP) is 5.51. The maximum absolute atomic E-state index is 5.79. The van der Waals surface area contributed by atoms with Crippen LogP contribution in [0.5, 0.6) is 17.2 Å². The first-order valence-corrected chi connectivity index (χ1v) is 12.3. The van der Waals surface area contributed by atoms with Crippen molar-refractivity contribution >= 4 is 23.1 Å². The normalized spacial score (nSPS) is 12.3. The van der Waals surface area contributed by atoms with Crippen LogP contribution < -0.4 is 14.2 Å². The highest BCUT2D eigenvalue weighted by atomic mass is 32.2. The first-order chi connectivity index (χ1) is 15.8. The van der Waals surface area contributed by atoms with E-state index in [-0.39, 0.29) is 6.79 Å². The van der Waals surface area contributed by atoms with E-state index in [2.05, 4.69) is 27.1 Å². The van der Waals surface area contributed by atoms with Crippen molar-refractivity contribution in [3.63, 3.8) is 0 Å². The number of fused-ring (bicyclic) bond motifs is 1. The van der Waals surface area contributed by atoms with E-state index in [1.807, 2.05) is 49.4 Å². The molecular formula is C23H22N4O3S2. The van der Waals surface area contributed by atoms with Gasteiger partial charge in [0.1, 0.15) is 10.8 Å².